The maximum atomic E-state index is 12.8. The van der Waals surface area contributed by atoms with Crippen LogP contribution in [0.15, 0.2) is 48.5 Å². The van der Waals surface area contributed by atoms with Crippen molar-refractivity contribution < 1.29 is 13.2 Å². The molecule has 0 aromatic heterocycles. The Hall–Kier alpha value is -2.18. The van der Waals surface area contributed by atoms with E-state index in [1.165, 1.54) is 7.05 Å². The lowest BCUT2D eigenvalue weighted by Gasteiger charge is -2.26. The largest absolute Gasteiger partial charge is 0.324 e. The van der Waals surface area contributed by atoms with E-state index in [0.717, 1.165) is 21.7 Å². The summed E-state index contributed by atoms with van der Waals surface area (Å²) in [6.45, 7) is 3.83. The van der Waals surface area contributed by atoms with Crippen LogP contribution in [0.1, 0.15) is 22.7 Å². The fourth-order valence-electron chi connectivity index (χ4n) is 2.42. The third kappa shape index (κ3) is 4.21. The number of nitrogens with zero attached hydrogens (tertiary/aromatic N) is 1. The molecule has 0 aliphatic heterocycles. The quantitative estimate of drug-likeness (QED) is 0.905. The number of carbonyl (C=O) groups is 1. The first-order valence-electron chi connectivity index (χ1n) is 7.56. The summed E-state index contributed by atoms with van der Waals surface area (Å²) in [5.41, 5.74) is 3.24. The molecule has 2 aromatic carbocycles. The molecule has 6 heteroatoms. The summed E-state index contributed by atoms with van der Waals surface area (Å²) in [5, 5.41) is 2.86. The number of anilines is 1. The number of carbonyl (C=O) groups excluding carboxylic acids is 1. The highest BCUT2D eigenvalue weighted by Gasteiger charge is 2.30. The normalized spacial score (nSPS) is 12.9. The van der Waals surface area contributed by atoms with Crippen LogP contribution in [-0.4, -0.2) is 31.9 Å². The van der Waals surface area contributed by atoms with Gasteiger partial charge in [0, 0.05) is 12.7 Å². The van der Waals surface area contributed by atoms with Gasteiger partial charge >= 0.3 is 0 Å². The minimum atomic E-state index is -3.53. The Morgan fingerprint density at radius 2 is 1.71 bits per heavy atom. The van der Waals surface area contributed by atoms with E-state index in [1.807, 2.05) is 38.1 Å². The summed E-state index contributed by atoms with van der Waals surface area (Å²) in [7, 11) is -2.12. The van der Waals surface area contributed by atoms with Gasteiger partial charge in [0.05, 0.1) is 6.26 Å². The van der Waals surface area contributed by atoms with Gasteiger partial charge in [-0.25, -0.2) is 8.42 Å². The lowest BCUT2D eigenvalue weighted by Crippen LogP contribution is -2.38. The summed E-state index contributed by atoms with van der Waals surface area (Å²) in [6, 6.07) is 13.7. The molecule has 5 nitrogen and oxygen atoms in total. The number of hydrogen-bond acceptors (Lipinski definition) is 3. The Morgan fingerprint density at radius 3 is 2.29 bits per heavy atom. The van der Waals surface area contributed by atoms with Crippen molar-refractivity contribution in [1.29, 1.82) is 0 Å². The highest BCUT2D eigenvalue weighted by molar-refractivity contribution is 7.88. The fourth-order valence-corrected chi connectivity index (χ4v) is 3.03. The molecule has 0 saturated heterocycles. The molecule has 0 saturated carbocycles. The van der Waals surface area contributed by atoms with E-state index in [9.17, 15) is 13.2 Å². The van der Waals surface area contributed by atoms with E-state index >= 15 is 0 Å². The highest BCUT2D eigenvalue weighted by Crippen LogP contribution is 2.25. The van der Waals surface area contributed by atoms with Crippen LogP contribution < -0.4 is 5.32 Å². The number of aryl methyl sites for hydroxylation is 2. The third-order valence-electron chi connectivity index (χ3n) is 3.90. The number of likely N-dealkylation sites (N-methyl/N-ethyl adjacent to an activating group) is 1. The number of rotatable bonds is 5. The number of amides is 1. The van der Waals surface area contributed by atoms with Crippen molar-refractivity contribution in [2.75, 3.05) is 18.6 Å². The minimum Gasteiger partial charge on any atom is -0.324 e. The molecule has 1 unspecified atom stereocenters. The predicted molar refractivity (Wildman–Crippen MR) is 96.3 cm³/mol. The van der Waals surface area contributed by atoms with Gasteiger partial charge in [-0.3, -0.25) is 4.79 Å². The minimum absolute atomic E-state index is 0.386. The molecule has 1 amide bonds. The van der Waals surface area contributed by atoms with Crippen molar-refractivity contribution in [3.05, 3.63) is 65.2 Å². The molecule has 1 N–H and O–H groups in total. The summed E-state index contributed by atoms with van der Waals surface area (Å²) in [4.78, 5) is 12.8. The van der Waals surface area contributed by atoms with Crippen LogP contribution in [0.3, 0.4) is 0 Å². The highest BCUT2D eigenvalue weighted by atomic mass is 32.2. The maximum Gasteiger partial charge on any atom is 0.247 e. The van der Waals surface area contributed by atoms with Crippen LogP contribution in [0.5, 0.6) is 0 Å². The van der Waals surface area contributed by atoms with Crippen molar-refractivity contribution in [2.45, 2.75) is 19.9 Å². The first kappa shape index (κ1) is 18.2. The van der Waals surface area contributed by atoms with Gasteiger partial charge in [-0.1, -0.05) is 42.5 Å². The Labute approximate surface area is 143 Å². The third-order valence-corrected chi connectivity index (χ3v) is 5.16. The average molecular weight is 346 g/mol. The number of sulfonamides is 1. The SMILES string of the molecule is Cc1ccc(C)c(NC(=O)C(c2ccccc2)N(C)S(C)(=O)=O)c1. The summed E-state index contributed by atoms with van der Waals surface area (Å²) in [6.07, 6.45) is 1.09. The van der Waals surface area contributed by atoms with Gasteiger partial charge in [0.25, 0.3) is 0 Å². The van der Waals surface area contributed by atoms with E-state index in [0.29, 0.717) is 11.3 Å². The van der Waals surface area contributed by atoms with Crippen molar-refractivity contribution in [3.8, 4) is 0 Å². The molecule has 2 rings (SSSR count). The van der Waals surface area contributed by atoms with Crippen molar-refractivity contribution in [3.63, 3.8) is 0 Å². The van der Waals surface area contributed by atoms with Crippen molar-refractivity contribution in [1.82, 2.24) is 4.31 Å². The Kier molecular flexibility index (Phi) is 5.41. The molecule has 0 aliphatic carbocycles. The zero-order valence-electron chi connectivity index (χ0n) is 14.3. The standard InChI is InChI=1S/C18H22N2O3S/c1-13-10-11-14(2)16(12-13)19-18(21)17(20(3)24(4,22)23)15-8-6-5-7-9-15/h5-12,17H,1-4H3,(H,19,21). The Bertz CT molecular complexity index is 833. The van der Waals surface area contributed by atoms with Gasteiger partial charge in [0.15, 0.2) is 0 Å². The summed E-state index contributed by atoms with van der Waals surface area (Å²) >= 11 is 0. The molecule has 0 spiro atoms. The topological polar surface area (TPSA) is 66.5 Å². The smallest absolute Gasteiger partial charge is 0.247 e. The molecule has 1 atom stereocenters. The van der Waals surface area contributed by atoms with E-state index in [4.69, 9.17) is 0 Å². The molecular weight excluding hydrogens is 324 g/mol. The molecule has 0 heterocycles. The number of benzene rings is 2. The molecule has 0 fully saturated rings. The zero-order chi connectivity index (χ0) is 17.9. The van der Waals surface area contributed by atoms with Gasteiger partial charge < -0.3 is 5.32 Å². The van der Waals surface area contributed by atoms with Crippen molar-refractivity contribution in [2.24, 2.45) is 0 Å². The average Bonchev–Trinajstić information content (AvgIpc) is 2.51. The molecule has 0 aliphatic rings. The van der Waals surface area contributed by atoms with Gasteiger partial charge in [-0.15, -0.1) is 0 Å². The molecule has 2 aromatic rings. The van der Waals surface area contributed by atoms with Gasteiger partial charge in [-0.05, 0) is 36.6 Å². The first-order valence-corrected chi connectivity index (χ1v) is 9.41. The molecule has 128 valence electrons. The second-order valence-electron chi connectivity index (χ2n) is 5.90. The summed E-state index contributed by atoms with van der Waals surface area (Å²) < 4.78 is 25.0. The Balaban J connectivity index is 2.40. The number of hydrogen-bond donors (Lipinski definition) is 1. The van der Waals surface area contributed by atoms with Crippen LogP contribution >= 0.6 is 0 Å². The van der Waals surface area contributed by atoms with Crippen LogP contribution in [0.2, 0.25) is 0 Å². The molecule has 24 heavy (non-hydrogen) atoms. The van der Waals surface area contributed by atoms with Crippen LogP contribution in [0, 0.1) is 13.8 Å². The first-order chi connectivity index (χ1) is 11.2. The lowest BCUT2D eigenvalue weighted by atomic mass is 10.1. The number of nitrogens with one attached hydrogen (secondary N) is 1. The molecular formula is C18H22N2O3S. The van der Waals surface area contributed by atoms with E-state index in [2.05, 4.69) is 5.32 Å². The van der Waals surface area contributed by atoms with E-state index in [1.54, 1.807) is 24.3 Å². The monoisotopic (exact) mass is 346 g/mol. The van der Waals surface area contributed by atoms with Crippen LogP contribution in [0.25, 0.3) is 0 Å². The van der Waals surface area contributed by atoms with Gasteiger partial charge in [0.1, 0.15) is 6.04 Å². The fraction of sp³-hybridized carbons (Fsp3) is 0.278. The predicted octanol–water partition coefficient (Wildman–Crippen LogP) is 2.87. The molecule has 0 bridgehead atoms. The van der Waals surface area contributed by atoms with E-state index < -0.39 is 16.1 Å². The molecule has 0 radical (unpaired) electrons. The van der Waals surface area contributed by atoms with Crippen LogP contribution in [-0.2, 0) is 14.8 Å². The second kappa shape index (κ2) is 7.15. The van der Waals surface area contributed by atoms with Gasteiger partial charge in [-0.2, -0.15) is 4.31 Å². The maximum absolute atomic E-state index is 12.8. The Morgan fingerprint density at radius 1 is 1.08 bits per heavy atom. The zero-order valence-corrected chi connectivity index (χ0v) is 15.1. The van der Waals surface area contributed by atoms with E-state index in [-0.39, 0.29) is 5.91 Å². The van der Waals surface area contributed by atoms with Crippen molar-refractivity contribution >= 4 is 21.6 Å². The van der Waals surface area contributed by atoms with Crippen LogP contribution in [0.4, 0.5) is 5.69 Å². The summed E-state index contributed by atoms with van der Waals surface area (Å²) in [5.74, 6) is -0.386. The van der Waals surface area contributed by atoms with Gasteiger partial charge in [0.2, 0.25) is 15.9 Å². The second-order valence-corrected chi connectivity index (χ2v) is 7.94. The lowest BCUT2D eigenvalue weighted by molar-refractivity contribution is -0.119.